The minimum absolute atomic E-state index is 0.0122. The van der Waals surface area contributed by atoms with Crippen molar-refractivity contribution in [1.82, 2.24) is 20.1 Å². The molecule has 4 amide bonds. The van der Waals surface area contributed by atoms with E-state index < -0.39 is 29.2 Å². The van der Waals surface area contributed by atoms with Crippen LogP contribution in [0.2, 0.25) is 0 Å². The lowest BCUT2D eigenvalue weighted by atomic mass is 10.0. The number of pyridine rings is 1. The third-order valence-corrected chi connectivity index (χ3v) is 11.4. The minimum Gasteiger partial charge on any atom is -0.543 e. The fourth-order valence-electron chi connectivity index (χ4n) is 6.69. The highest BCUT2D eigenvalue weighted by Gasteiger charge is 2.53. The van der Waals surface area contributed by atoms with Crippen molar-refractivity contribution >= 4 is 69.2 Å². The van der Waals surface area contributed by atoms with Crippen molar-refractivity contribution in [3.05, 3.63) is 88.3 Å². The first-order valence-corrected chi connectivity index (χ1v) is 19.2. The van der Waals surface area contributed by atoms with E-state index in [0.717, 1.165) is 47.5 Å². The number of carbonyl (C=O) groups excluding carboxylic acids is 5. The van der Waals surface area contributed by atoms with Crippen LogP contribution in [0, 0.1) is 0 Å². The average molecular weight is 773 g/mol. The van der Waals surface area contributed by atoms with Crippen LogP contribution in [-0.2, 0) is 41.9 Å². The SMILES string of the molecule is Nc1nc(/C(=N/OC2CCCC2)C(=O)N[C@@H]2C(=O)N3C(C(=O)[O-])=C(C=C4CCN(Cc5cc[n+](CC(=O)Nc6ccccc6O)cc5)C4=O)CS[C@H]23)cs1. The lowest BCUT2D eigenvalue weighted by Gasteiger charge is -2.50. The maximum Gasteiger partial charge on any atom is 0.290 e. The molecule has 0 unspecified atom stereocenters. The summed E-state index contributed by atoms with van der Waals surface area (Å²) in [5.74, 6) is -3.37. The van der Waals surface area contributed by atoms with E-state index >= 15 is 0 Å². The molecule has 5 heterocycles. The summed E-state index contributed by atoms with van der Waals surface area (Å²) in [6, 6.07) is 8.99. The number of rotatable bonds is 12. The number of nitrogens with one attached hydrogen (secondary N) is 2. The smallest absolute Gasteiger partial charge is 0.290 e. The van der Waals surface area contributed by atoms with Crippen molar-refractivity contribution in [2.45, 2.75) is 62.7 Å². The average Bonchev–Trinajstić information content (AvgIpc) is 3.91. The molecule has 4 aliphatic rings. The number of phenolic OH excluding ortho intramolecular Hbond substituents is 1. The largest absolute Gasteiger partial charge is 0.543 e. The first-order chi connectivity index (χ1) is 26.0. The first kappa shape index (κ1) is 36.6. The zero-order chi connectivity index (χ0) is 37.9. The number of nitrogen functional groups attached to an aromatic ring is 1. The number of β-lactam (4-membered cyclic amide) rings is 1. The number of likely N-dealkylation sites (tertiary alicyclic amines) is 1. The summed E-state index contributed by atoms with van der Waals surface area (Å²) < 4.78 is 1.67. The second-order valence-corrected chi connectivity index (χ2v) is 15.1. The predicted molar refractivity (Wildman–Crippen MR) is 195 cm³/mol. The van der Waals surface area contributed by atoms with Gasteiger partial charge >= 0.3 is 0 Å². The summed E-state index contributed by atoms with van der Waals surface area (Å²) in [5.41, 5.74) is 7.34. The molecule has 54 heavy (non-hydrogen) atoms. The number of thiazole rings is 1. The van der Waals surface area contributed by atoms with E-state index in [-0.39, 0.29) is 63.8 Å². The molecule has 3 fully saturated rings. The summed E-state index contributed by atoms with van der Waals surface area (Å²) in [4.78, 5) is 77.6. The van der Waals surface area contributed by atoms with Crippen molar-refractivity contribution in [1.29, 1.82) is 0 Å². The summed E-state index contributed by atoms with van der Waals surface area (Å²) in [6.07, 6.45) is 8.82. The molecule has 0 bridgehead atoms. The van der Waals surface area contributed by atoms with Gasteiger partial charge in [-0.15, -0.1) is 23.1 Å². The van der Waals surface area contributed by atoms with E-state index in [4.69, 9.17) is 10.6 Å². The van der Waals surface area contributed by atoms with E-state index in [2.05, 4.69) is 20.8 Å². The number of carboxylic acid groups (broad SMARTS) is 1. The molecule has 2 aromatic heterocycles. The number of hydrogen-bond donors (Lipinski definition) is 4. The van der Waals surface area contributed by atoms with Gasteiger partial charge in [0.25, 0.3) is 17.7 Å². The number of para-hydroxylation sites is 2. The summed E-state index contributed by atoms with van der Waals surface area (Å²) >= 11 is 2.39. The number of hydrogen-bond acceptors (Lipinski definition) is 13. The Morgan fingerprint density at radius 1 is 1.15 bits per heavy atom. The molecule has 0 radical (unpaired) electrons. The van der Waals surface area contributed by atoms with Gasteiger partial charge in [0.2, 0.25) is 12.5 Å². The number of benzene rings is 1. The van der Waals surface area contributed by atoms with Gasteiger partial charge in [0.05, 0.1) is 17.4 Å². The standard InChI is InChI=1S/C36H36N8O8S2/c37-36-39-25(19-54-36)28(41-52-23-5-1-2-6-23)31(47)40-29-33(49)44-30(35(50)51)22(18-53-34(29)44)15-21-11-14-43(32(21)48)16-20-9-12-42(13-10-20)17-27(46)38-24-7-3-4-8-26(24)45/h3-4,7-10,12-13,15,19,23,29,34H,1-2,5-6,11,14,16-18H2,(H5-,37,38,39,40,41,45,46,47,50,51)/t29-,34-/m1/s1. The Hall–Kier alpha value is -5.75. The zero-order valence-electron chi connectivity index (χ0n) is 28.8. The number of allylic oxidation sites excluding steroid dienone is 1. The van der Waals surface area contributed by atoms with E-state index in [1.165, 1.54) is 23.9 Å². The first-order valence-electron chi connectivity index (χ1n) is 17.3. The quantitative estimate of drug-likeness (QED) is 0.0503. The molecule has 7 rings (SSSR count). The van der Waals surface area contributed by atoms with Crippen molar-refractivity contribution in [3.8, 4) is 5.75 Å². The van der Waals surface area contributed by atoms with Gasteiger partial charge in [-0.05, 0) is 61.4 Å². The minimum atomic E-state index is -1.57. The van der Waals surface area contributed by atoms with Gasteiger partial charge in [-0.2, -0.15) is 4.57 Å². The van der Waals surface area contributed by atoms with Gasteiger partial charge in [-0.3, -0.25) is 24.1 Å². The van der Waals surface area contributed by atoms with Crippen LogP contribution in [0.1, 0.15) is 43.4 Å². The third-order valence-electron chi connectivity index (χ3n) is 9.45. The van der Waals surface area contributed by atoms with E-state index in [1.54, 1.807) is 57.6 Å². The third kappa shape index (κ3) is 7.79. The molecule has 16 nitrogen and oxygen atoms in total. The molecule has 280 valence electrons. The van der Waals surface area contributed by atoms with Crippen molar-refractivity contribution in [3.63, 3.8) is 0 Å². The van der Waals surface area contributed by atoms with Crippen LogP contribution in [-0.4, -0.2) is 85.0 Å². The Balaban J connectivity index is 0.984. The normalized spacial score (nSPS) is 21.0. The molecule has 1 aliphatic carbocycles. The number of aromatic nitrogens is 2. The Morgan fingerprint density at radius 3 is 2.61 bits per heavy atom. The Morgan fingerprint density at radius 2 is 1.91 bits per heavy atom. The van der Waals surface area contributed by atoms with Gasteiger partial charge in [0, 0.05) is 41.9 Å². The van der Waals surface area contributed by atoms with Crippen molar-refractivity contribution in [2.75, 3.05) is 23.3 Å². The van der Waals surface area contributed by atoms with Crippen LogP contribution in [0.5, 0.6) is 5.75 Å². The highest BCUT2D eigenvalue weighted by Crippen LogP contribution is 2.41. The number of carboxylic acids is 1. The highest BCUT2D eigenvalue weighted by atomic mass is 32.2. The van der Waals surface area contributed by atoms with Crippen LogP contribution in [0.25, 0.3) is 0 Å². The van der Waals surface area contributed by atoms with Gasteiger partial charge < -0.3 is 41.1 Å². The monoisotopic (exact) mass is 772 g/mol. The number of fused-ring (bicyclic) bond motifs is 1. The second-order valence-electron chi connectivity index (χ2n) is 13.1. The van der Waals surface area contributed by atoms with E-state index in [0.29, 0.717) is 30.8 Å². The highest BCUT2D eigenvalue weighted by molar-refractivity contribution is 8.00. The summed E-state index contributed by atoms with van der Waals surface area (Å²) in [6.45, 7) is 0.709. The number of anilines is 2. The molecule has 1 saturated carbocycles. The van der Waals surface area contributed by atoms with Crippen molar-refractivity contribution < 1.29 is 43.6 Å². The van der Waals surface area contributed by atoms with Crippen molar-refractivity contribution in [2.24, 2.45) is 5.16 Å². The zero-order valence-corrected chi connectivity index (χ0v) is 30.4. The topological polar surface area (TPSA) is 224 Å². The molecule has 0 spiro atoms. The summed E-state index contributed by atoms with van der Waals surface area (Å²) in [7, 11) is 0. The Bertz CT molecular complexity index is 2090. The van der Waals surface area contributed by atoms with Crippen LogP contribution in [0.3, 0.4) is 0 Å². The van der Waals surface area contributed by atoms with Gasteiger partial charge in [-0.25, -0.2) is 4.98 Å². The molecule has 3 aromatic rings. The fourth-order valence-corrected chi connectivity index (χ4v) is 8.54. The van der Waals surface area contributed by atoms with Gasteiger partial charge in [-0.1, -0.05) is 17.3 Å². The number of phenols is 1. The molecule has 1 aromatic carbocycles. The molecule has 5 N–H and O–H groups in total. The molecular formula is C36H36N8O8S2. The number of aliphatic carboxylic acids is 1. The lowest BCUT2D eigenvalue weighted by Crippen LogP contribution is -2.71. The number of nitrogens with two attached hydrogens (primary N) is 1. The maximum atomic E-state index is 13.4. The molecular weight excluding hydrogens is 737 g/mol. The predicted octanol–water partition coefficient (Wildman–Crippen LogP) is 0.783. The lowest BCUT2D eigenvalue weighted by molar-refractivity contribution is -0.684. The number of thioether (sulfide) groups is 1. The number of oxime groups is 1. The maximum absolute atomic E-state index is 13.4. The molecule has 2 saturated heterocycles. The fraction of sp³-hybridized carbons (Fsp3) is 0.333. The van der Waals surface area contributed by atoms with Crippen LogP contribution >= 0.6 is 23.1 Å². The van der Waals surface area contributed by atoms with Gasteiger partial charge in [0.15, 0.2) is 23.2 Å². The Labute approximate surface area is 317 Å². The van der Waals surface area contributed by atoms with Crippen LogP contribution in [0.4, 0.5) is 10.8 Å². The second kappa shape index (κ2) is 15.7. The van der Waals surface area contributed by atoms with E-state index in [1.807, 2.05) is 0 Å². The molecule has 18 heteroatoms. The number of amides is 4. The van der Waals surface area contributed by atoms with Crippen LogP contribution < -0.4 is 26.0 Å². The van der Waals surface area contributed by atoms with Crippen LogP contribution in [0.15, 0.2) is 82.2 Å². The number of nitrogens with zero attached hydrogens (tertiary/aromatic N) is 5. The molecule has 2 atom stereocenters. The summed E-state index contributed by atoms with van der Waals surface area (Å²) in [5, 5.41) is 32.8. The molecule has 3 aliphatic heterocycles. The van der Waals surface area contributed by atoms with Gasteiger partial charge in [0.1, 0.15) is 29.0 Å². The van der Waals surface area contributed by atoms with E-state index in [9.17, 15) is 34.2 Å². The number of carbonyl (C=O) groups is 5. The number of aromatic hydroxyl groups is 1. The Kier molecular flexibility index (Phi) is 10.6.